The van der Waals surface area contributed by atoms with Gasteiger partial charge in [0.15, 0.2) is 5.65 Å². The van der Waals surface area contributed by atoms with Gasteiger partial charge in [-0.2, -0.15) is 14.7 Å². The molecule has 0 aliphatic carbocycles. The van der Waals surface area contributed by atoms with Crippen molar-refractivity contribution in [3.05, 3.63) is 77.0 Å². The highest BCUT2D eigenvalue weighted by atomic mass is 15.3. The normalized spacial score (nSPS) is 11.4. The van der Waals surface area contributed by atoms with Gasteiger partial charge in [0, 0.05) is 69.5 Å². The topological polar surface area (TPSA) is 67.4 Å². The predicted molar refractivity (Wildman–Crippen MR) is 150 cm³/mol. The molecule has 0 aliphatic heterocycles. The Labute approximate surface area is 218 Å². The van der Waals surface area contributed by atoms with Gasteiger partial charge in [-0.3, -0.25) is 4.68 Å². The largest absolute Gasteiger partial charge is 0.363 e. The second-order valence-electron chi connectivity index (χ2n) is 10.0. The fraction of sp³-hybridized carbons (Fsp3) is 0.310. The molecule has 0 radical (unpaired) electrons. The lowest BCUT2D eigenvalue weighted by Crippen LogP contribution is -2.20. The monoisotopic (exact) mass is 494 g/mol. The lowest BCUT2D eigenvalue weighted by atomic mass is 10.0. The van der Waals surface area contributed by atoms with E-state index in [1.54, 1.807) is 0 Å². The third-order valence-corrected chi connectivity index (χ3v) is 7.01. The van der Waals surface area contributed by atoms with Gasteiger partial charge in [0.2, 0.25) is 0 Å². The molecule has 0 fully saturated rings. The molecule has 0 N–H and O–H groups in total. The van der Waals surface area contributed by atoms with Gasteiger partial charge < -0.3 is 9.80 Å². The summed E-state index contributed by atoms with van der Waals surface area (Å²) in [4.78, 5) is 13.8. The Kier molecular flexibility index (Phi) is 6.19. The minimum Gasteiger partial charge on any atom is -0.363 e. The van der Waals surface area contributed by atoms with Gasteiger partial charge in [0.25, 0.3) is 0 Å². The molecular weight excluding hydrogens is 460 g/mol. The number of aryl methyl sites for hydroxylation is 4. The maximum absolute atomic E-state index is 4.92. The van der Waals surface area contributed by atoms with Crippen LogP contribution in [0, 0.1) is 27.7 Å². The number of hydrogen-bond acceptors (Lipinski definition) is 6. The molecule has 0 spiro atoms. The van der Waals surface area contributed by atoms with E-state index in [0.29, 0.717) is 0 Å². The smallest absolute Gasteiger partial charge is 0.165 e. The highest BCUT2D eigenvalue weighted by Crippen LogP contribution is 2.33. The van der Waals surface area contributed by atoms with Gasteiger partial charge >= 0.3 is 0 Å². The second-order valence-corrected chi connectivity index (χ2v) is 10.0. The Bertz CT molecular complexity index is 1590. The molecule has 0 saturated heterocycles. The molecule has 5 rings (SSSR count). The average Bonchev–Trinajstić information content (AvgIpc) is 3.37. The number of aromatic nitrogens is 6. The first-order valence-corrected chi connectivity index (χ1v) is 12.4. The van der Waals surface area contributed by atoms with E-state index in [1.807, 2.05) is 61.5 Å². The molecule has 0 aliphatic rings. The van der Waals surface area contributed by atoms with E-state index < -0.39 is 0 Å². The highest BCUT2D eigenvalue weighted by molar-refractivity contribution is 5.83. The Morgan fingerprint density at radius 2 is 1.62 bits per heavy atom. The fourth-order valence-corrected chi connectivity index (χ4v) is 4.79. The molecule has 0 unspecified atom stereocenters. The molecule has 5 aromatic rings. The number of hydrogen-bond donors (Lipinski definition) is 0. The van der Waals surface area contributed by atoms with Crippen molar-refractivity contribution in [1.82, 2.24) is 29.4 Å². The summed E-state index contributed by atoms with van der Waals surface area (Å²) in [5, 5.41) is 9.30. The maximum atomic E-state index is 4.92. The zero-order valence-electron chi connectivity index (χ0n) is 22.9. The number of pyridine rings is 1. The molecule has 0 bridgehead atoms. The van der Waals surface area contributed by atoms with Crippen LogP contribution in [0.1, 0.15) is 28.2 Å². The van der Waals surface area contributed by atoms with Crippen LogP contribution in [-0.4, -0.2) is 50.5 Å². The number of fused-ring (bicyclic) bond motifs is 1. The Balaban J connectivity index is 1.49. The first-order chi connectivity index (χ1) is 17.6. The lowest BCUT2D eigenvalue weighted by molar-refractivity contribution is 0.740. The van der Waals surface area contributed by atoms with Gasteiger partial charge in [-0.1, -0.05) is 24.3 Å². The summed E-state index contributed by atoms with van der Waals surface area (Å²) in [6.07, 6.45) is 3.86. The van der Waals surface area contributed by atoms with E-state index in [0.717, 1.165) is 63.2 Å². The lowest BCUT2D eigenvalue weighted by Gasteiger charge is -2.21. The van der Waals surface area contributed by atoms with Crippen LogP contribution < -0.4 is 9.80 Å². The van der Waals surface area contributed by atoms with Crippen molar-refractivity contribution in [2.75, 3.05) is 30.9 Å². The van der Waals surface area contributed by atoms with Gasteiger partial charge in [0.1, 0.15) is 11.6 Å². The standard InChI is InChI=1S/C29H34N8/c1-18-13-26(34(5)6)30-15-24(18)28-20(3)33-37-27(14-19(2)32-29(28)37)35(7)17-22-9-11-23(12-10-22)25-16-31-36(8)21(25)4/h9-16H,17H2,1-8H3. The van der Waals surface area contributed by atoms with Crippen LogP contribution in [0.5, 0.6) is 0 Å². The number of nitrogens with zero attached hydrogens (tertiary/aromatic N) is 8. The van der Waals surface area contributed by atoms with E-state index in [-0.39, 0.29) is 0 Å². The summed E-state index contributed by atoms with van der Waals surface area (Å²) in [5.41, 5.74) is 10.7. The van der Waals surface area contributed by atoms with Gasteiger partial charge in [-0.15, -0.1) is 0 Å². The van der Waals surface area contributed by atoms with Gasteiger partial charge in [-0.05, 0) is 50.5 Å². The molecule has 8 nitrogen and oxygen atoms in total. The molecule has 4 heterocycles. The summed E-state index contributed by atoms with van der Waals surface area (Å²) in [7, 11) is 8.08. The minimum absolute atomic E-state index is 0.747. The molecule has 4 aromatic heterocycles. The van der Waals surface area contributed by atoms with Gasteiger partial charge in [0.05, 0.1) is 17.5 Å². The molecule has 0 atom stereocenters. The zero-order valence-corrected chi connectivity index (χ0v) is 22.9. The van der Waals surface area contributed by atoms with E-state index in [4.69, 9.17) is 10.1 Å². The Morgan fingerprint density at radius 1 is 0.892 bits per heavy atom. The molecule has 190 valence electrons. The van der Waals surface area contributed by atoms with Crippen molar-refractivity contribution in [2.24, 2.45) is 7.05 Å². The molecule has 8 heteroatoms. The summed E-state index contributed by atoms with van der Waals surface area (Å²) < 4.78 is 3.87. The van der Waals surface area contributed by atoms with Crippen LogP contribution >= 0.6 is 0 Å². The number of benzene rings is 1. The van der Waals surface area contributed by atoms with Crippen molar-refractivity contribution >= 4 is 17.3 Å². The van der Waals surface area contributed by atoms with Crippen molar-refractivity contribution in [2.45, 2.75) is 34.2 Å². The summed E-state index contributed by atoms with van der Waals surface area (Å²) in [6, 6.07) is 12.9. The highest BCUT2D eigenvalue weighted by Gasteiger charge is 2.20. The van der Waals surface area contributed by atoms with Crippen LogP contribution in [0.2, 0.25) is 0 Å². The molecule has 0 amide bonds. The van der Waals surface area contributed by atoms with Crippen molar-refractivity contribution < 1.29 is 0 Å². The zero-order chi connectivity index (χ0) is 26.4. The number of rotatable bonds is 6. The first-order valence-electron chi connectivity index (χ1n) is 12.4. The van der Waals surface area contributed by atoms with Crippen LogP contribution in [0.25, 0.3) is 27.9 Å². The first kappa shape index (κ1) is 24.5. The van der Waals surface area contributed by atoms with E-state index >= 15 is 0 Å². The third kappa shape index (κ3) is 4.43. The molecule has 1 aromatic carbocycles. The molecular formula is C29H34N8. The van der Waals surface area contributed by atoms with Crippen molar-refractivity contribution in [1.29, 1.82) is 0 Å². The molecule has 0 saturated carbocycles. The predicted octanol–water partition coefficient (Wildman–Crippen LogP) is 5.13. The maximum Gasteiger partial charge on any atom is 0.165 e. The minimum atomic E-state index is 0.747. The SMILES string of the molecule is Cc1cc(N(C)Cc2ccc(-c3cnn(C)c3C)cc2)n2nc(C)c(-c3cnc(N(C)C)cc3C)c2n1. The van der Waals surface area contributed by atoms with E-state index in [9.17, 15) is 0 Å². The Hall–Kier alpha value is -4.20. The summed E-state index contributed by atoms with van der Waals surface area (Å²) in [6.45, 7) is 9.04. The summed E-state index contributed by atoms with van der Waals surface area (Å²) in [5.74, 6) is 1.93. The van der Waals surface area contributed by atoms with E-state index in [2.05, 4.69) is 72.3 Å². The average molecular weight is 495 g/mol. The summed E-state index contributed by atoms with van der Waals surface area (Å²) >= 11 is 0. The second kappa shape index (κ2) is 9.35. The van der Waals surface area contributed by atoms with Crippen LogP contribution in [0.4, 0.5) is 11.6 Å². The third-order valence-electron chi connectivity index (χ3n) is 7.01. The fourth-order valence-electron chi connectivity index (χ4n) is 4.79. The van der Waals surface area contributed by atoms with Crippen molar-refractivity contribution in [3.63, 3.8) is 0 Å². The molecule has 37 heavy (non-hydrogen) atoms. The van der Waals surface area contributed by atoms with Crippen molar-refractivity contribution in [3.8, 4) is 22.3 Å². The van der Waals surface area contributed by atoms with Crippen LogP contribution in [-0.2, 0) is 13.6 Å². The Morgan fingerprint density at radius 3 is 2.24 bits per heavy atom. The van der Waals surface area contributed by atoms with E-state index in [1.165, 1.54) is 11.1 Å². The van der Waals surface area contributed by atoms with Crippen LogP contribution in [0.3, 0.4) is 0 Å². The van der Waals surface area contributed by atoms with Gasteiger partial charge in [-0.25, -0.2) is 9.97 Å². The van der Waals surface area contributed by atoms with Crippen LogP contribution in [0.15, 0.2) is 48.8 Å². The quantitative estimate of drug-likeness (QED) is 0.326. The number of anilines is 2.